The number of nitriles is 1. The number of benzene rings is 1. The highest BCUT2D eigenvalue weighted by Gasteiger charge is 2.13. The zero-order valence-electron chi connectivity index (χ0n) is 7.95. The number of ether oxygens (including phenoxy) is 1. The van der Waals surface area contributed by atoms with Gasteiger partial charge in [0.1, 0.15) is 11.8 Å². The lowest BCUT2D eigenvalue weighted by Gasteiger charge is -2.07. The third-order valence-corrected chi connectivity index (χ3v) is 2.19. The second-order valence-corrected chi connectivity index (χ2v) is 3.03. The summed E-state index contributed by atoms with van der Waals surface area (Å²) in [6.07, 6.45) is 0. The standard InChI is InChI=1S/C10H8ClNO3/c1-15-9-3-6(10(13)14)2-7(4-11)8(9)5-12/h2-3H,4H2,1H3,(H,13,14). The predicted molar refractivity (Wildman–Crippen MR) is 54.2 cm³/mol. The summed E-state index contributed by atoms with van der Waals surface area (Å²) in [6.45, 7) is 0. The van der Waals surface area contributed by atoms with Crippen LogP contribution in [0.4, 0.5) is 0 Å². The van der Waals surface area contributed by atoms with E-state index >= 15 is 0 Å². The van der Waals surface area contributed by atoms with Crippen molar-refractivity contribution in [3.63, 3.8) is 0 Å². The van der Waals surface area contributed by atoms with Gasteiger partial charge in [0.25, 0.3) is 0 Å². The maximum absolute atomic E-state index is 10.8. The fourth-order valence-electron chi connectivity index (χ4n) is 1.19. The molecule has 0 unspecified atom stereocenters. The molecule has 1 N–H and O–H groups in total. The Morgan fingerprint density at radius 2 is 2.33 bits per heavy atom. The van der Waals surface area contributed by atoms with E-state index in [0.29, 0.717) is 5.56 Å². The van der Waals surface area contributed by atoms with Gasteiger partial charge in [-0.25, -0.2) is 4.79 Å². The minimum Gasteiger partial charge on any atom is -0.495 e. The number of halogens is 1. The first kappa shape index (κ1) is 11.3. The van der Waals surface area contributed by atoms with Gasteiger partial charge in [-0.15, -0.1) is 11.6 Å². The van der Waals surface area contributed by atoms with Crippen LogP contribution in [0.5, 0.6) is 5.75 Å². The van der Waals surface area contributed by atoms with E-state index in [1.165, 1.54) is 19.2 Å². The van der Waals surface area contributed by atoms with E-state index in [4.69, 9.17) is 26.7 Å². The number of carboxylic acid groups (broad SMARTS) is 1. The highest BCUT2D eigenvalue weighted by Crippen LogP contribution is 2.25. The van der Waals surface area contributed by atoms with Gasteiger partial charge in [-0.2, -0.15) is 5.26 Å². The monoisotopic (exact) mass is 225 g/mol. The lowest BCUT2D eigenvalue weighted by molar-refractivity contribution is 0.0696. The normalized spacial score (nSPS) is 9.40. The Morgan fingerprint density at radius 3 is 2.73 bits per heavy atom. The van der Waals surface area contributed by atoms with Crippen molar-refractivity contribution in [2.45, 2.75) is 5.88 Å². The summed E-state index contributed by atoms with van der Waals surface area (Å²) in [5.41, 5.74) is 0.787. The molecule has 1 rings (SSSR count). The van der Waals surface area contributed by atoms with Crippen LogP contribution in [0.15, 0.2) is 12.1 Å². The van der Waals surface area contributed by atoms with Crippen LogP contribution in [0.3, 0.4) is 0 Å². The molecule has 0 saturated carbocycles. The molecule has 0 atom stereocenters. The van der Waals surface area contributed by atoms with Gasteiger partial charge in [0.2, 0.25) is 0 Å². The molecule has 0 aliphatic carbocycles. The van der Waals surface area contributed by atoms with Crippen LogP contribution >= 0.6 is 11.6 Å². The van der Waals surface area contributed by atoms with Crippen molar-refractivity contribution < 1.29 is 14.6 Å². The summed E-state index contributed by atoms with van der Waals surface area (Å²) in [5.74, 6) is -0.780. The number of hydrogen-bond acceptors (Lipinski definition) is 3. The van der Waals surface area contributed by atoms with Crippen LogP contribution in [0.2, 0.25) is 0 Å². The average Bonchev–Trinajstić information content (AvgIpc) is 2.26. The van der Waals surface area contributed by atoms with Gasteiger partial charge >= 0.3 is 5.97 Å². The molecule has 0 bridgehead atoms. The van der Waals surface area contributed by atoms with Crippen LogP contribution in [0.25, 0.3) is 0 Å². The molecule has 5 heteroatoms. The first-order valence-electron chi connectivity index (χ1n) is 4.04. The summed E-state index contributed by atoms with van der Waals surface area (Å²) >= 11 is 5.62. The fourth-order valence-corrected chi connectivity index (χ4v) is 1.40. The van der Waals surface area contributed by atoms with Crippen LogP contribution in [-0.4, -0.2) is 18.2 Å². The number of nitrogens with zero attached hydrogens (tertiary/aromatic N) is 1. The van der Waals surface area contributed by atoms with E-state index in [0.717, 1.165) is 0 Å². The topological polar surface area (TPSA) is 70.3 Å². The molecule has 78 valence electrons. The Labute approximate surface area is 91.7 Å². The smallest absolute Gasteiger partial charge is 0.335 e. The number of carboxylic acids is 1. The Balaban J connectivity index is 3.44. The molecule has 15 heavy (non-hydrogen) atoms. The largest absolute Gasteiger partial charge is 0.495 e. The van der Waals surface area contributed by atoms with E-state index in [9.17, 15) is 4.79 Å². The number of aromatic carboxylic acids is 1. The van der Waals surface area contributed by atoms with Crippen molar-refractivity contribution >= 4 is 17.6 Å². The number of methoxy groups -OCH3 is 1. The van der Waals surface area contributed by atoms with Gasteiger partial charge in [-0.05, 0) is 17.7 Å². The van der Waals surface area contributed by atoms with Gasteiger partial charge in [-0.3, -0.25) is 0 Å². The van der Waals surface area contributed by atoms with Crippen molar-refractivity contribution in [3.05, 3.63) is 28.8 Å². The molecule has 0 radical (unpaired) electrons. The van der Waals surface area contributed by atoms with Gasteiger partial charge in [0, 0.05) is 5.88 Å². The average molecular weight is 226 g/mol. The lowest BCUT2D eigenvalue weighted by Crippen LogP contribution is -2.01. The van der Waals surface area contributed by atoms with Crippen LogP contribution in [0.1, 0.15) is 21.5 Å². The van der Waals surface area contributed by atoms with Gasteiger partial charge < -0.3 is 9.84 Å². The Bertz CT molecular complexity index is 412. The quantitative estimate of drug-likeness (QED) is 0.799. The fraction of sp³-hybridized carbons (Fsp3) is 0.200. The van der Waals surface area contributed by atoms with Crippen LogP contribution < -0.4 is 4.74 Å². The number of carbonyl (C=O) groups is 1. The Morgan fingerprint density at radius 1 is 1.67 bits per heavy atom. The summed E-state index contributed by atoms with van der Waals surface area (Å²) in [4.78, 5) is 10.8. The van der Waals surface area contributed by atoms with Crippen LogP contribution in [0, 0.1) is 11.3 Å². The van der Waals surface area contributed by atoms with Crippen molar-refractivity contribution in [1.29, 1.82) is 5.26 Å². The maximum atomic E-state index is 10.8. The second kappa shape index (κ2) is 4.67. The van der Waals surface area contributed by atoms with Crippen LogP contribution in [-0.2, 0) is 5.88 Å². The van der Waals surface area contributed by atoms with E-state index < -0.39 is 5.97 Å². The molecule has 0 aliphatic heterocycles. The zero-order chi connectivity index (χ0) is 11.4. The Hall–Kier alpha value is -1.73. The summed E-state index contributed by atoms with van der Waals surface area (Å²) < 4.78 is 4.93. The highest BCUT2D eigenvalue weighted by atomic mass is 35.5. The van der Waals surface area contributed by atoms with Crippen molar-refractivity contribution in [3.8, 4) is 11.8 Å². The number of alkyl halides is 1. The summed E-state index contributed by atoms with van der Waals surface area (Å²) in [6, 6.07) is 4.60. The van der Waals surface area contributed by atoms with E-state index in [1.54, 1.807) is 0 Å². The molecule has 0 aromatic heterocycles. The molecule has 1 aromatic rings. The first-order chi connectivity index (χ1) is 7.13. The van der Waals surface area contributed by atoms with Gasteiger partial charge in [0.05, 0.1) is 18.2 Å². The number of rotatable bonds is 3. The maximum Gasteiger partial charge on any atom is 0.335 e. The van der Waals surface area contributed by atoms with Gasteiger partial charge in [-0.1, -0.05) is 0 Å². The summed E-state index contributed by atoms with van der Waals surface area (Å²) in [7, 11) is 1.37. The highest BCUT2D eigenvalue weighted by molar-refractivity contribution is 6.17. The minimum atomic E-state index is -1.08. The molecule has 0 heterocycles. The van der Waals surface area contributed by atoms with E-state index in [-0.39, 0.29) is 22.8 Å². The second-order valence-electron chi connectivity index (χ2n) is 2.76. The molecule has 4 nitrogen and oxygen atoms in total. The molecular weight excluding hydrogens is 218 g/mol. The van der Waals surface area contributed by atoms with E-state index in [1.807, 2.05) is 6.07 Å². The molecule has 0 fully saturated rings. The first-order valence-corrected chi connectivity index (χ1v) is 4.57. The lowest BCUT2D eigenvalue weighted by atomic mass is 10.0. The molecule has 0 saturated heterocycles. The van der Waals surface area contributed by atoms with Crippen molar-refractivity contribution in [2.75, 3.05) is 7.11 Å². The molecule has 0 spiro atoms. The number of hydrogen-bond donors (Lipinski definition) is 1. The van der Waals surface area contributed by atoms with E-state index in [2.05, 4.69) is 0 Å². The summed E-state index contributed by atoms with van der Waals surface area (Å²) in [5, 5.41) is 17.7. The third-order valence-electron chi connectivity index (χ3n) is 1.91. The minimum absolute atomic E-state index is 0.0569. The predicted octanol–water partition coefficient (Wildman–Crippen LogP) is 2.00. The zero-order valence-corrected chi connectivity index (χ0v) is 8.71. The SMILES string of the molecule is COc1cc(C(=O)O)cc(CCl)c1C#N. The molecule has 0 amide bonds. The third kappa shape index (κ3) is 2.20. The van der Waals surface area contributed by atoms with Crippen molar-refractivity contribution in [1.82, 2.24) is 0 Å². The van der Waals surface area contributed by atoms with Crippen molar-refractivity contribution in [2.24, 2.45) is 0 Å². The molecule has 0 aliphatic rings. The molecule has 1 aromatic carbocycles. The van der Waals surface area contributed by atoms with Gasteiger partial charge in [0.15, 0.2) is 0 Å². The Kier molecular flexibility index (Phi) is 3.53. The molecular formula is C10H8ClNO3.